The summed E-state index contributed by atoms with van der Waals surface area (Å²) in [4.78, 5) is 35.3. The SMILES string of the molecule is O=C(CCN1C(=O)CCC1=O)Nc1cc(F)cc(F)c1. The van der Waals surface area contributed by atoms with Crippen LogP contribution in [0.5, 0.6) is 0 Å². The van der Waals surface area contributed by atoms with Crippen LogP contribution in [0.15, 0.2) is 18.2 Å². The van der Waals surface area contributed by atoms with Crippen LogP contribution in [-0.4, -0.2) is 29.2 Å². The Labute approximate surface area is 113 Å². The van der Waals surface area contributed by atoms with Crippen LogP contribution in [0.25, 0.3) is 0 Å². The van der Waals surface area contributed by atoms with Gasteiger partial charge in [0.1, 0.15) is 11.6 Å². The van der Waals surface area contributed by atoms with Gasteiger partial charge in [-0.3, -0.25) is 19.3 Å². The first kappa shape index (κ1) is 14.1. The average molecular weight is 282 g/mol. The number of carbonyl (C=O) groups is 3. The predicted octanol–water partition coefficient (Wildman–Crippen LogP) is 1.44. The molecule has 1 aliphatic heterocycles. The maximum absolute atomic E-state index is 12.9. The van der Waals surface area contributed by atoms with E-state index >= 15 is 0 Å². The first-order valence-corrected chi connectivity index (χ1v) is 6.05. The van der Waals surface area contributed by atoms with E-state index in [0.29, 0.717) is 6.07 Å². The number of hydrogen-bond acceptors (Lipinski definition) is 3. The van der Waals surface area contributed by atoms with Gasteiger partial charge in [-0.2, -0.15) is 0 Å². The van der Waals surface area contributed by atoms with E-state index in [1.165, 1.54) is 0 Å². The van der Waals surface area contributed by atoms with Crippen LogP contribution in [0.4, 0.5) is 14.5 Å². The highest BCUT2D eigenvalue weighted by atomic mass is 19.1. The fraction of sp³-hybridized carbons (Fsp3) is 0.308. The van der Waals surface area contributed by atoms with Gasteiger partial charge < -0.3 is 5.32 Å². The largest absolute Gasteiger partial charge is 0.326 e. The fourth-order valence-corrected chi connectivity index (χ4v) is 1.94. The smallest absolute Gasteiger partial charge is 0.229 e. The molecule has 0 aliphatic carbocycles. The number of anilines is 1. The van der Waals surface area contributed by atoms with Crippen molar-refractivity contribution in [2.45, 2.75) is 19.3 Å². The molecule has 0 aromatic heterocycles. The van der Waals surface area contributed by atoms with Gasteiger partial charge >= 0.3 is 0 Å². The van der Waals surface area contributed by atoms with Crippen LogP contribution in [0.2, 0.25) is 0 Å². The predicted molar refractivity (Wildman–Crippen MR) is 65.6 cm³/mol. The highest BCUT2D eigenvalue weighted by molar-refractivity contribution is 6.02. The van der Waals surface area contributed by atoms with Gasteiger partial charge in [0.25, 0.3) is 0 Å². The van der Waals surface area contributed by atoms with Gasteiger partial charge in [0, 0.05) is 37.6 Å². The highest BCUT2D eigenvalue weighted by Gasteiger charge is 2.28. The van der Waals surface area contributed by atoms with Crippen molar-refractivity contribution in [3.8, 4) is 0 Å². The zero-order chi connectivity index (χ0) is 14.7. The number of benzene rings is 1. The zero-order valence-corrected chi connectivity index (χ0v) is 10.5. The molecule has 1 heterocycles. The van der Waals surface area contributed by atoms with E-state index in [1.807, 2.05) is 0 Å². The lowest BCUT2D eigenvalue weighted by atomic mass is 10.3. The molecule has 7 heteroatoms. The lowest BCUT2D eigenvalue weighted by Crippen LogP contribution is -2.32. The first-order chi connectivity index (χ1) is 9.45. The van der Waals surface area contributed by atoms with E-state index < -0.39 is 17.5 Å². The van der Waals surface area contributed by atoms with E-state index in [2.05, 4.69) is 5.32 Å². The van der Waals surface area contributed by atoms with E-state index in [0.717, 1.165) is 17.0 Å². The molecule has 1 aromatic rings. The summed E-state index contributed by atoms with van der Waals surface area (Å²) >= 11 is 0. The maximum atomic E-state index is 12.9. The van der Waals surface area contributed by atoms with E-state index in [9.17, 15) is 23.2 Å². The van der Waals surface area contributed by atoms with Crippen LogP contribution >= 0.6 is 0 Å². The maximum Gasteiger partial charge on any atom is 0.229 e. The number of hydrogen-bond donors (Lipinski definition) is 1. The number of amides is 3. The minimum atomic E-state index is -0.801. The summed E-state index contributed by atoms with van der Waals surface area (Å²) in [7, 11) is 0. The van der Waals surface area contributed by atoms with Crippen LogP contribution < -0.4 is 5.32 Å². The molecule has 1 aromatic carbocycles. The number of halogens is 2. The molecule has 0 unspecified atom stereocenters. The van der Waals surface area contributed by atoms with Crippen molar-refractivity contribution < 1.29 is 23.2 Å². The summed E-state index contributed by atoms with van der Waals surface area (Å²) in [6, 6.07) is 2.65. The molecule has 0 spiro atoms. The topological polar surface area (TPSA) is 66.5 Å². The van der Waals surface area contributed by atoms with Crippen LogP contribution in [-0.2, 0) is 14.4 Å². The van der Waals surface area contributed by atoms with Crippen molar-refractivity contribution in [2.75, 3.05) is 11.9 Å². The van der Waals surface area contributed by atoms with Crippen molar-refractivity contribution >= 4 is 23.4 Å². The Morgan fingerprint density at radius 2 is 1.65 bits per heavy atom. The summed E-state index contributed by atoms with van der Waals surface area (Å²) in [5.74, 6) is -2.74. The highest BCUT2D eigenvalue weighted by Crippen LogP contribution is 2.14. The van der Waals surface area contributed by atoms with Crippen molar-refractivity contribution in [1.82, 2.24) is 4.90 Å². The number of imide groups is 1. The summed E-state index contributed by atoms with van der Waals surface area (Å²) in [6.45, 7) is -0.0265. The van der Waals surface area contributed by atoms with E-state index in [1.54, 1.807) is 0 Å². The minimum absolute atomic E-state index is 0.00780. The number of nitrogens with zero attached hydrogens (tertiary/aromatic N) is 1. The quantitative estimate of drug-likeness (QED) is 0.850. The molecule has 0 saturated carbocycles. The van der Waals surface area contributed by atoms with E-state index in [-0.39, 0.29) is 43.3 Å². The third-order valence-corrected chi connectivity index (χ3v) is 2.86. The van der Waals surface area contributed by atoms with Gasteiger partial charge in [0.15, 0.2) is 0 Å². The second-order valence-electron chi connectivity index (χ2n) is 4.40. The van der Waals surface area contributed by atoms with Crippen molar-refractivity contribution in [1.29, 1.82) is 0 Å². The molecule has 3 amide bonds. The third-order valence-electron chi connectivity index (χ3n) is 2.86. The Balaban J connectivity index is 1.89. The monoisotopic (exact) mass is 282 g/mol. The van der Waals surface area contributed by atoms with Gasteiger partial charge in [-0.15, -0.1) is 0 Å². The number of likely N-dealkylation sites (tertiary alicyclic amines) is 1. The lowest BCUT2D eigenvalue weighted by Gasteiger charge is -2.13. The second kappa shape index (κ2) is 5.77. The molecule has 0 atom stereocenters. The van der Waals surface area contributed by atoms with Crippen LogP contribution in [0.3, 0.4) is 0 Å². The molecule has 0 bridgehead atoms. The van der Waals surface area contributed by atoms with Crippen molar-refractivity contribution in [3.05, 3.63) is 29.8 Å². The molecule has 1 fully saturated rings. The molecule has 5 nitrogen and oxygen atoms in total. The summed E-state index contributed by atoms with van der Waals surface area (Å²) in [6.07, 6.45) is 0.209. The van der Waals surface area contributed by atoms with Gasteiger partial charge in [0.05, 0.1) is 0 Å². The first-order valence-electron chi connectivity index (χ1n) is 6.05. The van der Waals surface area contributed by atoms with Gasteiger partial charge in [0.2, 0.25) is 17.7 Å². The van der Waals surface area contributed by atoms with Gasteiger partial charge in [-0.25, -0.2) is 8.78 Å². The van der Waals surface area contributed by atoms with Gasteiger partial charge in [-0.05, 0) is 12.1 Å². The molecule has 1 saturated heterocycles. The molecule has 20 heavy (non-hydrogen) atoms. The number of carbonyl (C=O) groups excluding carboxylic acids is 3. The summed E-state index contributed by atoms with van der Waals surface area (Å²) in [5, 5.41) is 2.31. The lowest BCUT2D eigenvalue weighted by molar-refractivity contribution is -0.138. The minimum Gasteiger partial charge on any atom is -0.326 e. The Morgan fingerprint density at radius 3 is 2.20 bits per heavy atom. The third kappa shape index (κ3) is 3.37. The normalized spacial score (nSPS) is 14.8. The zero-order valence-electron chi connectivity index (χ0n) is 10.5. The molecule has 1 aliphatic rings. The average Bonchev–Trinajstić information content (AvgIpc) is 2.65. The number of rotatable bonds is 4. The number of nitrogens with one attached hydrogen (secondary N) is 1. The molecule has 1 N–H and O–H groups in total. The van der Waals surface area contributed by atoms with Crippen LogP contribution in [0.1, 0.15) is 19.3 Å². The second-order valence-corrected chi connectivity index (χ2v) is 4.40. The molecular weight excluding hydrogens is 270 g/mol. The van der Waals surface area contributed by atoms with Crippen molar-refractivity contribution in [3.63, 3.8) is 0 Å². The fourth-order valence-electron chi connectivity index (χ4n) is 1.94. The Morgan fingerprint density at radius 1 is 1.10 bits per heavy atom. The molecular formula is C13H12F2N2O3. The standard InChI is InChI=1S/C13H12F2N2O3/c14-8-5-9(15)7-10(6-8)16-11(18)3-4-17-12(19)1-2-13(17)20/h5-7H,1-4H2,(H,16,18). The summed E-state index contributed by atoms with van der Waals surface area (Å²) in [5.41, 5.74) is -0.00780. The Bertz CT molecular complexity index is 538. The van der Waals surface area contributed by atoms with Crippen molar-refractivity contribution in [2.24, 2.45) is 0 Å². The van der Waals surface area contributed by atoms with Crippen LogP contribution in [0, 0.1) is 11.6 Å². The molecule has 0 radical (unpaired) electrons. The van der Waals surface area contributed by atoms with Gasteiger partial charge in [-0.1, -0.05) is 0 Å². The molecule has 106 valence electrons. The Kier molecular flexibility index (Phi) is 4.07. The van der Waals surface area contributed by atoms with E-state index in [4.69, 9.17) is 0 Å². The molecule has 2 rings (SSSR count). The summed E-state index contributed by atoms with van der Waals surface area (Å²) < 4.78 is 25.8. The Hall–Kier alpha value is -2.31.